The third-order valence-electron chi connectivity index (χ3n) is 4.56. The highest BCUT2D eigenvalue weighted by molar-refractivity contribution is 6.34. The number of fused-ring (bicyclic) bond motifs is 1. The minimum atomic E-state index is -1.39. The molecule has 10 heteroatoms. The molecule has 1 heterocycles. The Hall–Kier alpha value is -3.46. The molecule has 0 saturated heterocycles. The summed E-state index contributed by atoms with van der Waals surface area (Å²) in [5, 5.41) is 1.65. The Bertz CT molecular complexity index is 1330. The van der Waals surface area contributed by atoms with Crippen molar-refractivity contribution >= 4 is 34.3 Å². The molecule has 3 aromatic carbocycles. The van der Waals surface area contributed by atoms with Crippen molar-refractivity contribution in [3.63, 3.8) is 0 Å². The lowest BCUT2D eigenvalue weighted by molar-refractivity contribution is 0.102. The fourth-order valence-corrected chi connectivity index (χ4v) is 3.20. The zero-order chi connectivity index (χ0) is 22.4. The number of anilines is 1. The molecule has 1 N–H and O–H groups in total. The van der Waals surface area contributed by atoms with Gasteiger partial charge in [0, 0.05) is 23.4 Å². The van der Waals surface area contributed by atoms with Crippen molar-refractivity contribution < 1.29 is 31.2 Å². The number of benzene rings is 3. The number of halogens is 6. The van der Waals surface area contributed by atoms with Gasteiger partial charge in [0.05, 0.1) is 10.6 Å². The lowest BCUT2D eigenvalue weighted by atomic mass is 10.1. The van der Waals surface area contributed by atoms with E-state index in [1.807, 2.05) is 0 Å². The van der Waals surface area contributed by atoms with E-state index in [-0.39, 0.29) is 33.8 Å². The molecule has 31 heavy (non-hydrogen) atoms. The maximum atomic E-state index is 14.2. The number of oxazole rings is 1. The number of hydrogen-bond acceptors (Lipinski definition) is 3. The largest absolute Gasteiger partial charge is 0.436 e. The van der Waals surface area contributed by atoms with Crippen LogP contribution >= 0.6 is 11.6 Å². The SMILES string of the molecule is Cc1c(NC(=O)c2ccc(F)c(F)c2Cl)cc(F)cc1-c1nc2cc(F)c(F)cc2o1. The number of carbonyl (C=O) groups excluding carboxylic acids is 1. The molecular weight excluding hydrogens is 443 g/mol. The summed E-state index contributed by atoms with van der Waals surface area (Å²) in [7, 11) is 0. The molecule has 158 valence electrons. The van der Waals surface area contributed by atoms with Gasteiger partial charge in [-0.2, -0.15) is 0 Å². The van der Waals surface area contributed by atoms with E-state index in [0.717, 1.165) is 36.4 Å². The average Bonchev–Trinajstić information content (AvgIpc) is 3.11. The third-order valence-corrected chi connectivity index (χ3v) is 4.93. The van der Waals surface area contributed by atoms with E-state index in [2.05, 4.69) is 10.3 Å². The van der Waals surface area contributed by atoms with Crippen LogP contribution in [0.1, 0.15) is 15.9 Å². The molecule has 0 aliphatic carbocycles. The zero-order valence-corrected chi connectivity index (χ0v) is 16.3. The molecule has 0 radical (unpaired) electrons. The molecule has 0 fully saturated rings. The van der Waals surface area contributed by atoms with Crippen molar-refractivity contribution in [2.24, 2.45) is 0 Å². The predicted octanol–water partition coefficient (Wildman–Crippen LogP) is 6.40. The Kier molecular flexibility index (Phi) is 5.14. The smallest absolute Gasteiger partial charge is 0.257 e. The van der Waals surface area contributed by atoms with Crippen LogP contribution in [0.3, 0.4) is 0 Å². The Balaban J connectivity index is 1.75. The highest BCUT2D eigenvalue weighted by atomic mass is 35.5. The number of aromatic nitrogens is 1. The van der Waals surface area contributed by atoms with E-state index >= 15 is 0 Å². The van der Waals surface area contributed by atoms with Crippen LogP contribution in [0.15, 0.2) is 40.8 Å². The Morgan fingerprint density at radius 2 is 1.71 bits per heavy atom. The van der Waals surface area contributed by atoms with Gasteiger partial charge in [-0.15, -0.1) is 0 Å². The fraction of sp³-hybridized carbons (Fsp3) is 0.0476. The molecule has 0 bridgehead atoms. The van der Waals surface area contributed by atoms with Crippen LogP contribution in [-0.2, 0) is 0 Å². The molecule has 1 aromatic heterocycles. The molecule has 4 nitrogen and oxygen atoms in total. The van der Waals surface area contributed by atoms with E-state index in [1.165, 1.54) is 6.92 Å². The van der Waals surface area contributed by atoms with Crippen molar-refractivity contribution in [1.82, 2.24) is 4.98 Å². The van der Waals surface area contributed by atoms with Crippen LogP contribution in [0.5, 0.6) is 0 Å². The molecule has 4 aromatic rings. The maximum absolute atomic E-state index is 14.2. The summed E-state index contributed by atoms with van der Waals surface area (Å²) in [6.07, 6.45) is 0. The molecule has 1 amide bonds. The first-order valence-corrected chi connectivity index (χ1v) is 9.04. The van der Waals surface area contributed by atoms with Gasteiger partial charge in [-0.05, 0) is 36.8 Å². The first-order valence-electron chi connectivity index (χ1n) is 8.66. The Morgan fingerprint density at radius 1 is 1.00 bits per heavy atom. The van der Waals surface area contributed by atoms with E-state index < -0.39 is 40.0 Å². The fourth-order valence-electron chi connectivity index (χ4n) is 2.96. The number of amides is 1. The summed E-state index contributed by atoms with van der Waals surface area (Å²) in [5.41, 5.74) is -0.0444. The minimum absolute atomic E-state index is 0.0108. The first-order chi connectivity index (χ1) is 14.7. The van der Waals surface area contributed by atoms with Crippen molar-refractivity contribution in [1.29, 1.82) is 0 Å². The predicted molar refractivity (Wildman–Crippen MR) is 103 cm³/mol. The second-order valence-electron chi connectivity index (χ2n) is 6.56. The lowest BCUT2D eigenvalue weighted by Gasteiger charge is -2.12. The van der Waals surface area contributed by atoms with Crippen LogP contribution in [0, 0.1) is 36.0 Å². The Morgan fingerprint density at radius 3 is 2.45 bits per heavy atom. The normalized spacial score (nSPS) is 11.2. The first kappa shape index (κ1) is 20.8. The molecule has 0 spiro atoms. The van der Waals surface area contributed by atoms with Gasteiger partial charge in [0.15, 0.2) is 28.9 Å². The van der Waals surface area contributed by atoms with Gasteiger partial charge in [-0.1, -0.05) is 11.6 Å². The highest BCUT2D eigenvalue weighted by Crippen LogP contribution is 2.33. The summed E-state index contributed by atoms with van der Waals surface area (Å²) in [5.74, 6) is -6.72. The topological polar surface area (TPSA) is 55.1 Å². The lowest BCUT2D eigenvalue weighted by Crippen LogP contribution is -2.14. The summed E-state index contributed by atoms with van der Waals surface area (Å²) in [4.78, 5) is 16.5. The second kappa shape index (κ2) is 7.66. The van der Waals surface area contributed by atoms with Crippen molar-refractivity contribution in [3.8, 4) is 11.5 Å². The van der Waals surface area contributed by atoms with Crippen LogP contribution in [0.4, 0.5) is 27.6 Å². The van der Waals surface area contributed by atoms with Crippen LogP contribution < -0.4 is 5.32 Å². The molecule has 0 unspecified atom stereocenters. The van der Waals surface area contributed by atoms with Gasteiger partial charge >= 0.3 is 0 Å². The zero-order valence-electron chi connectivity index (χ0n) is 15.5. The molecule has 4 rings (SSSR count). The second-order valence-corrected chi connectivity index (χ2v) is 6.93. The summed E-state index contributed by atoms with van der Waals surface area (Å²) < 4.78 is 73.4. The van der Waals surface area contributed by atoms with E-state index in [9.17, 15) is 26.7 Å². The summed E-state index contributed by atoms with van der Waals surface area (Å²) in [6, 6.07) is 5.41. The van der Waals surface area contributed by atoms with Crippen LogP contribution in [0.25, 0.3) is 22.6 Å². The monoisotopic (exact) mass is 452 g/mol. The minimum Gasteiger partial charge on any atom is -0.436 e. The van der Waals surface area contributed by atoms with Gasteiger partial charge in [0.1, 0.15) is 11.3 Å². The summed E-state index contributed by atoms with van der Waals surface area (Å²) in [6.45, 7) is 1.51. The average molecular weight is 453 g/mol. The molecular formula is C21H10ClF5N2O2. The van der Waals surface area contributed by atoms with Gasteiger partial charge in [-0.3, -0.25) is 4.79 Å². The van der Waals surface area contributed by atoms with E-state index in [4.69, 9.17) is 16.0 Å². The molecule has 0 aliphatic rings. The summed E-state index contributed by atoms with van der Waals surface area (Å²) >= 11 is 5.69. The quantitative estimate of drug-likeness (QED) is 0.289. The van der Waals surface area contributed by atoms with Crippen molar-refractivity contribution in [2.45, 2.75) is 6.92 Å². The van der Waals surface area contributed by atoms with Gasteiger partial charge in [-0.25, -0.2) is 26.9 Å². The van der Waals surface area contributed by atoms with Crippen molar-refractivity contribution in [2.75, 3.05) is 5.32 Å². The van der Waals surface area contributed by atoms with E-state index in [1.54, 1.807) is 0 Å². The number of hydrogen-bond donors (Lipinski definition) is 1. The number of rotatable bonds is 3. The van der Waals surface area contributed by atoms with Gasteiger partial charge in [0.2, 0.25) is 5.89 Å². The molecule has 0 saturated carbocycles. The molecule has 0 atom stereocenters. The van der Waals surface area contributed by atoms with Crippen LogP contribution in [-0.4, -0.2) is 10.9 Å². The highest BCUT2D eigenvalue weighted by Gasteiger charge is 2.21. The standard InChI is InChI=1S/C21H10ClF5N2O2/c1-8-11(21-29-16-6-13(25)14(26)7-17(16)31-21)4-9(23)5-15(8)28-20(30)10-2-3-12(24)19(27)18(10)22/h2-7H,1H3,(H,28,30). The number of nitrogens with zero attached hydrogens (tertiary/aromatic N) is 1. The van der Waals surface area contributed by atoms with Crippen LogP contribution in [0.2, 0.25) is 5.02 Å². The number of nitrogens with one attached hydrogen (secondary N) is 1. The maximum Gasteiger partial charge on any atom is 0.257 e. The third kappa shape index (κ3) is 3.72. The van der Waals surface area contributed by atoms with Gasteiger partial charge in [0.25, 0.3) is 5.91 Å². The van der Waals surface area contributed by atoms with Crippen molar-refractivity contribution in [3.05, 3.63) is 81.6 Å². The van der Waals surface area contributed by atoms with Gasteiger partial charge < -0.3 is 9.73 Å². The Labute approximate surface area is 176 Å². The number of carbonyl (C=O) groups is 1. The van der Waals surface area contributed by atoms with E-state index in [0.29, 0.717) is 5.56 Å². The molecule has 0 aliphatic heterocycles.